The standard InChI is InChI=1S/C22H13F6N3O4/c1-9-5-14(32)17(21-31-29-8-34-21)19(30-9)10-6-13(24)11(22(26,27)28)7-16(10)35-15-4-3-12(23)18(25)20(15)33-2/h3-8H,1-2H3,(H,30,32). The van der Waals surface area contributed by atoms with Crippen molar-refractivity contribution in [3.8, 4) is 40.0 Å². The van der Waals surface area contributed by atoms with Crippen molar-refractivity contribution in [2.75, 3.05) is 7.11 Å². The second-order valence-electron chi connectivity index (χ2n) is 7.13. The number of benzene rings is 2. The van der Waals surface area contributed by atoms with Gasteiger partial charge < -0.3 is 18.9 Å². The number of H-pyrrole nitrogens is 1. The van der Waals surface area contributed by atoms with E-state index in [1.165, 1.54) is 6.92 Å². The van der Waals surface area contributed by atoms with Crippen LogP contribution in [0, 0.1) is 24.4 Å². The molecule has 4 aromatic rings. The van der Waals surface area contributed by atoms with Crippen LogP contribution in [-0.4, -0.2) is 22.3 Å². The summed E-state index contributed by atoms with van der Waals surface area (Å²) in [7, 11) is 0.989. The summed E-state index contributed by atoms with van der Waals surface area (Å²) >= 11 is 0. The number of rotatable bonds is 5. The zero-order chi connectivity index (χ0) is 25.5. The van der Waals surface area contributed by atoms with Crippen LogP contribution in [0.4, 0.5) is 26.3 Å². The molecule has 0 saturated carbocycles. The topological polar surface area (TPSA) is 90.2 Å². The number of aromatic nitrogens is 3. The number of ether oxygens (including phenoxy) is 2. The van der Waals surface area contributed by atoms with Crippen molar-refractivity contribution in [2.45, 2.75) is 13.1 Å². The van der Waals surface area contributed by atoms with Crippen molar-refractivity contribution < 1.29 is 40.2 Å². The van der Waals surface area contributed by atoms with Crippen LogP contribution < -0.4 is 14.9 Å². The monoisotopic (exact) mass is 497 g/mol. The molecule has 0 spiro atoms. The van der Waals surface area contributed by atoms with Crippen molar-refractivity contribution in [3.05, 3.63) is 75.7 Å². The lowest BCUT2D eigenvalue weighted by atomic mass is 10.0. The second-order valence-corrected chi connectivity index (χ2v) is 7.13. The highest BCUT2D eigenvalue weighted by Crippen LogP contribution is 2.44. The van der Waals surface area contributed by atoms with Gasteiger partial charge in [0.25, 0.3) is 5.89 Å². The molecular weight excluding hydrogens is 484 g/mol. The van der Waals surface area contributed by atoms with Crippen molar-refractivity contribution in [1.82, 2.24) is 15.2 Å². The minimum atomic E-state index is -5.13. The Hall–Kier alpha value is -4.29. The molecule has 0 amide bonds. The number of aromatic amines is 1. The highest BCUT2D eigenvalue weighted by molar-refractivity contribution is 5.81. The Morgan fingerprint density at radius 1 is 1.03 bits per heavy atom. The number of methoxy groups -OCH3 is 1. The molecule has 182 valence electrons. The van der Waals surface area contributed by atoms with Crippen LogP contribution in [-0.2, 0) is 6.18 Å². The van der Waals surface area contributed by atoms with Crippen LogP contribution in [0.25, 0.3) is 22.7 Å². The van der Waals surface area contributed by atoms with Crippen molar-refractivity contribution >= 4 is 0 Å². The first-order valence-corrected chi connectivity index (χ1v) is 9.62. The number of hydrogen-bond acceptors (Lipinski definition) is 6. The summed E-state index contributed by atoms with van der Waals surface area (Å²) in [5.41, 5.74) is -3.00. The maximum atomic E-state index is 14.6. The van der Waals surface area contributed by atoms with Crippen LogP contribution in [0.3, 0.4) is 0 Å². The number of pyridine rings is 1. The van der Waals surface area contributed by atoms with E-state index in [9.17, 15) is 31.1 Å². The lowest BCUT2D eigenvalue weighted by Gasteiger charge is -2.18. The molecule has 13 heteroatoms. The molecule has 2 aromatic heterocycles. The van der Waals surface area contributed by atoms with E-state index in [2.05, 4.69) is 15.2 Å². The number of nitrogens with zero attached hydrogens (tertiary/aromatic N) is 2. The molecule has 0 radical (unpaired) electrons. The van der Waals surface area contributed by atoms with E-state index in [4.69, 9.17) is 13.9 Å². The van der Waals surface area contributed by atoms with E-state index in [0.717, 1.165) is 25.6 Å². The van der Waals surface area contributed by atoms with Crippen molar-refractivity contribution in [2.24, 2.45) is 0 Å². The van der Waals surface area contributed by atoms with Gasteiger partial charge in [0.2, 0.25) is 18.0 Å². The molecule has 0 aliphatic rings. The first kappa shape index (κ1) is 23.9. The molecule has 0 unspecified atom stereocenters. The van der Waals surface area contributed by atoms with Gasteiger partial charge in [0.05, 0.1) is 18.4 Å². The minimum absolute atomic E-state index is 0.219. The third-order valence-corrected chi connectivity index (χ3v) is 4.82. The third-order valence-electron chi connectivity index (χ3n) is 4.82. The highest BCUT2D eigenvalue weighted by Gasteiger charge is 2.36. The smallest absolute Gasteiger partial charge is 0.419 e. The number of aryl methyl sites for hydroxylation is 1. The summed E-state index contributed by atoms with van der Waals surface area (Å²) < 4.78 is 98.2. The van der Waals surface area contributed by atoms with E-state index >= 15 is 0 Å². The van der Waals surface area contributed by atoms with Gasteiger partial charge in [-0.15, -0.1) is 10.2 Å². The molecule has 0 aliphatic heterocycles. The molecule has 0 atom stereocenters. The van der Waals surface area contributed by atoms with Gasteiger partial charge in [0.1, 0.15) is 17.1 Å². The van der Waals surface area contributed by atoms with Crippen LogP contribution >= 0.6 is 0 Å². The maximum Gasteiger partial charge on any atom is 0.419 e. The van der Waals surface area contributed by atoms with E-state index in [-0.39, 0.29) is 28.4 Å². The van der Waals surface area contributed by atoms with Crippen molar-refractivity contribution in [3.63, 3.8) is 0 Å². The normalized spacial score (nSPS) is 11.5. The van der Waals surface area contributed by atoms with Crippen LogP contribution in [0.1, 0.15) is 11.3 Å². The summed E-state index contributed by atoms with van der Waals surface area (Å²) in [5, 5.41) is 7.12. The Balaban J connectivity index is 2.03. The first-order valence-electron chi connectivity index (χ1n) is 9.62. The quantitative estimate of drug-likeness (QED) is 0.359. The fourth-order valence-electron chi connectivity index (χ4n) is 3.34. The molecule has 2 heterocycles. The van der Waals surface area contributed by atoms with E-state index < -0.39 is 51.9 Å². The van der Waals surface area contributed by atoms with E-state index in [1.54, 1.807) is 0 Å². The third kappa shape index (κ3) is 4.44. The zero-order valence-electron chi connectivity index (χ0n) is 17.8. The van der Waals surface area contributed by atoms with Crippen LogP contribution in [0.5, 0.6) is 17.2 Å². The minimum Gasteiger partial charge on any atom is -0.490 e. The Kier molecular flexibility index (Phi) is 6.01. The average molecular weight is 497 g/mol. The average Bonchev–Trinajstić information content (AvgIpc) is 3.30. The predicted octanol–water partition coefficient (Wildman–Crippen LogP) is 5.64. The fourth-order valence-corrected chi connectivity index (χ4v) is 3.34. The number of halogens is 6. The summed E-state index contributed by atoms with van der Waals surface area (Å²) in [5.74, 6) is -6.67. The molecule has 7 nitrogen and oxygen atoms in total. The van der Waals surface area contributed by atoms with Gasteiger partial charge in [-0.1, -0.05) is 0 Å². The van der Waals surface area contributed by atoms with Crippen LogP contribution in [0.2, 0.25) is 0 Å². The number of hydrogen-bond donors (Lipinski definition) is 1. The highest BCUT2D eigenvalue weighted by atomic mass is 19.4. The number of alkyl halides is 3. The summed E-state index contributed by atoms with van der Waals surface area (Å²) in [6.45, 7) is 1.47. The van der Waals surface area contributed by atoms with Gasteiger partial charge >= 0.3 is 6.18 Å². The van der Waals surface area contributed by atoms with Crippen molar-refractivity contribution in [1.29, 1.82) is 0 Å². The fraction of sp³-hybridized carbons (Fsp3) is 0.136. The Labute approximate surface area is 192 Å². The lowest BCUT2D eigenvalue weighted by Crippen LogP contribution is -2.12. The summed E-state index contributed by atoms with van der Waals surface area (Å²) in [6, 6.07) is 3.54. The van der Waals surface area contributed by atoms with Gasteiger partial charge in [-0.05, 0) is 31.2 Å². The molecule has 0 saturated heterocycles. The van der Waals surface area contributed by atoms with Gasteiger partial charge in [0.15, 0.2) is 17.0 Å². The Morgan fingerprint density at radius 2 is 1.77 bits per heavy atom. The van der Waals surface area contributed by atoms with Gasteiger partial charge in [-0.2, -0.15) is 17.6 Å². The molecule has 35 heavy (non-hydrogen) atoms. The zero-order valence-corrected chi connectivity index (χ0v) is 17.8. The number of nitrogens with one attached hydrogen (secondary N) is 1. The Morgan fingerprint density at radius 3 is 2.40 bits per heavy atom. The summed E-state index contributed by atoms with van der Waals surface area (Å²) in [4.78, 5) is 15.5. The lowest BCUT2D eigenvalue weighted by molar-refractivity contribution is -0.140. The predicted molar refractivity (Wildman–Crippen MR) is 108 cm³/mol. The van der Waals surface area contributed by atoms with E-state index in [0.29, 0.717) is 18.2 Å². The Bertz CT molecular complexity index is 1470. The maximum absolute atomic E-state index is 14.6. The largest absolute Gasteiger partial charge is 0.490 e. The van der Waals surface area contributed by atoms with E-state index in [1.807, 2.05) is 0 Å². The second kappa shape index (κ2) is 8.81. The SMILES string of the molecule is COc1c(Oc2cc(C(F)(F)F)c(F)cc2-c2[nH]c(C)cc(=O)c2-c2nnco2)ccc(F)c1F. The molecule has 4 rings (SSSR count). The molecular formula is C22H13F6N3O4. The molecule has 1 N–H and O–H groups in total. The van der Waals surface area contributed by atoms with Gasteiger partial charge in [-0.3, -0.25) is 4.79 Å². The molecule has 0 bridgehead atoms. The summed E-state index contributed by atoms with van der Waals surface area (Å²) in [6.07, 6.45) is -4.22. The molecule has 0 aliphatic carbocycles. The molecule has 0 fully saturated rings. The van der Waals surface area contributed by atoms with Gasteiger partial charge in [-0.25, -0.2) is 8.78 Å². The van der Waals surface area contributed by atoms with Crippen LogP contribution in [0.15, 0.2) is 45.9 Å². The molecule has 2 aromatic carbocycles. The first-order chi connectivity index (χ1) is 16.5. The van der Waals surface area contributed by atoms with Gasteiger partial charge in [0, 0.05) is 17.3 Å².